The number of nitrogens with one attached hydrogen (secondary N) is 1. The summed E-state index contributed by atoms with van der Waals surface area (Å²) >= 11 is 0. The summed E-state index contributed by atoms with van der Waals surface area (Å²) in [6, 6.07) is 6.20. The van der Waals surface area contributed by atoms with Gasteiger partial charge in [-0.15, -0.1) is 0 Å². The maximum absolute atomic E-state index is 11.6. The molecular weight excluding hydrogens is 240 g/mol. The molecule has 1 aromatic rings. The summed E-state index contributed by atoms with van der Waals surface area (Å²) < 4.78 is 0. The van der Waals surface area contributed by atoms with Gasteiger partial charge in [0, 0.05) is 19.3 Å². The summed E-state index contributed by atoms with van der Waals surface area (Å²) in [5.74, 6) is 0.160. The number of hydrogen-bond acceptors (Lipinski definition) is 3. The van der Waals surface area contributed by atoms with Gasteiger partial charge in [-0.3, -0.25) is 4.79 Å². The quantitative estimate of drug-likeness (QED) is 0.782. The SMILES string of the molecule is CN1C(=O)Cc2cc(CCNCC(C)(C)O)ccc21. The van der Waals surface area contributed by atoms with Crippen LogP contribution in [0.15, 0.2) is 18.2 Å². The molecule has 1 aliphatic heterocycles. The summed E-state index contributed by atoms with van der Waals surface area (Å²) in [5.41, 5.74) is 2.70. The first kappa shape index (κ1) is 14.0. The van der Waals surface area contributed by atoms with E-state index in [0.717, 1.165) is 24.2 Å². The van der Waals surface area contributed by atoms with Crippen molar-refractivity contribution < 1.29 is 9.90 Å². The molecular formula is C15H22N2O2. The van der Waals surface area contributed by atoms with Crippen molar-refractivity contribution in [2.75, 3.05) is 25.0 Å². The second kappa shape index (κ2) is 5.31. The van der Waals surface area contributed by atoms with E-state index in [1.165, 1.54) is 5.56 Å². The van der Waals surface area contributed by atoms with Crippen LogP contribution in [0.4, 0.5) is 5.69 Å². The predicted octanol–water partition coefficient (Wildman–Crippen LogP) is 1.11. The first-order chi connectivity index (χ1) is 8.87. The molecule has 104 valence electrons. The molecule has 0 bridgehead atoms. The van der Waals surface area contributed by atoms with Gasteiger partial charge < -0.3 is 15.3 Å². The molecule has 1 amide bonds. The van der Waals surface area contributed by atoms with Gasteiger partial charge in [0.15, 0.2) is 0 Å². The van der Waals surface area contributed by atoms with Crippen molar-refractivity contribution in [2.45, 2.75) is 32.3 Å². The monoisotopic (exact) mass is 262 g/mol. The molecule has 0 saturated carbocycles. The molecule has 1 aromatic carbocycles. The number of rotatable bonds is 5. The lowest BCUT2D eigenvalue weighted by Crippen LogP contribution is -2.35. The molecule has 1 aliphatic rings. The van der Waals surface area contributed by atoms with Crippen molar-refractivity contribution in [3.63, 3.8) is 0 Å². The minimum atomic E-state index is -0.674. The number of likely N-dealkylation sites (N-methyl/N-ethyl adjacent to an activating group) is 1. The molecule has 0 saturated heterocycles. The zero-order valence-electron chi connectivity index (χ0n) is 11.9. The molecule has 0 radical (unpaired) electrons. The fourth-order valence-electron chi connectivity index (χ4n) is 2.31. The number of nitrogens with zero attached hydrogens (tertiary/aromatic N) is 1. The summed E-state index contributed by atoms with van der Waals surface area (Å²) in [5, 5.41) is 12.8. The number of fused-ring (bicyclic) bond motifs is 1. The van der Waals surface area contributed by atoms with Crippen LogP contribution in [-0.4, -0.2) is 36.8 Å². The lowest BCUT2D eigenvalue weighted by molar-refractivity contribution is -0.117. The number of carbonyl (C=O) groups excluding carboxylic acids is 1. The van der Waals surface area contributed by atoms with E-state index in [0.29, 0.717) is 13.0 Å². The second-order valence-electron chi connectivity index (χ2n) is 5.83. The third-order valence-corrected chi connectivity index (χ3v) is 3.37. The third-order valence-electron chi connectivity index (χ3n) is 3.37. The van der Waals surface area contributed by atoms with Crippen LogP contribution in [0.1, 0.15) is 25.0 Å². The Labute approximate surface area is 114 Å². The Morgan fingerprint density at radius 1 is 1.42 bits per heavy atom. The standard InChI is InChI=1S/C15H22N2O2/c1-15(2,19)10-16-7-6-11-4-5-13-12(8-11)9-14(18)17(13)3/h4-5,8,16,19H,6-7,9-10H2,1-3H3. The van der Waals surface area contributed by atoms with Crippen LogP contribution < -0.4 is 10.2 Å². The Hall–Kier alpha value is -1.39. The number of anilines is 1. The van der Waals surface area contributed by atoms with Gasteiger partial charge in [0.2, 0.25) is 5.91 Å². The lowest BCUT2D eigenvalue weighted by Gasteiger charge is -2.17. The third kappa shape index (κ3) is 3.55. The van der Waals surface area contributed by atoms with Crippen molar-refractivity contribution in [2.24, 2.45) is 0 Å². The van der Waals surface area contributed by atoms with E-state index in [-0.39, 0.29) is 5.91 Å². The Morgan fingerprint density at radius 3 is 2.84 bits per heavy atom. The smallest absolute Gasteiger partial charge is 0.231 e. The van der Waals surface area contributed by atoms with Gasteiger partial charge in [0.05, 0.1) is 12.0 Å². The minimum Gasteiger partial charge on any atom is -0.389 e. The van der Waals surface area contributed by atoms with Crippen molar-refractivity contribution >= 4 is 11.6 Å². The van der Waals surface area contributed by atoms with Crippen LogP contribution in [0.2, 0.25) is 0 Å². The zero-order chi connectivity index (χ0) is 14.0. The molecule has 4 heteroatoms. The van der Waals surface area contributed by atoms with Crippen LogP contribution in [0.25, 0.3) is 0 Å². The number of hydrogen-bond donors (Lipinski definition) is 2. The predicted molar refractivity (Wildman–Crippen MR) is 76.4 cm³/mol. The van der Waals surface area contributed by atoms with Crippen molar-refractivity contribution in [1.29, 1.82) is 0 Å². The van der Waals surface area contributed by atoms with E-state index in [4.69, 9.17) is 0 Å². The highest BCUT2D eigenvalue weighted by Gasteiger charge is 2.23. The summed E-state index contributed by atoms with van der Waals surface area (Å²) in [6.45, 7) is 4.99. The van der Waals surface area contributed by atoms with Gasteiger partial charge >= 0.3 is 0 Å². The number of aliphatic hydroxyl groups is 1. The molecule has 0 aliphatic carbocycles. The topological polar surface area (TPSA) is 52.6 Å². The summed E-state index contributed by atoms with van der Waals surface area (Å²) in [7, 11) is 1.82. The maximum Gasteiger partial charge on any atom is 0.231 e. The number of benzene rings is 1. The first-order valence-corrected chi connectivity index (χ1v) is 6.68. The van der Waals surface area contributed by atoms with Gasteiger partial charge in [-0.05, 0) is 44.0 Å². The van der Waals surface area contributed by atoms with Gasteiger partial charge in [0.25, 0.3) is 0 Å². The molecule has 4 nitrogen and oxygen atoms in total. The molecule has 2 rings (SSSR count). The van der Waals surface area contributed by atoms with Gasteiger partial charge in [0.1, 0.15) is 0 Å². The van der Waals surface area contributed by atoms with Gasteiger partial charge in [-0.2, -0.15) is 0 Å². The molecule has 0 aromatic heterocycles. The van der Waals surface area contributed by atoms with Crippen molar-refractivity contribution in [1.82, 2.24) is 5.32 Å². The molecule has 2 N–H and O–H groups in total. The van der Waals surface area contributed by atoms with Crippen LogP contribution in [0, 0.1) is 0 Å². The molecule has 0 fully saturated rings. The molecule has 0 atom stereocenters. The Kier molecular flexibility index (Phi) is 3.92. The van der Waals surface area contributed by atoms with Crippen LogP contribution >= 0.6 is 0 Å². The van der Waals surface area contributed by atoms with Crippen molar-refractivity contribution in [3.05, 3.63) is 29.3 Å². The van der Waals surface area contributed by atoms with E-state index < -0.39 is 5.60 Å². The zero-order valence-corrected chi connectivity index (χ0v) is 11.9. The fourth-order valence-corrected chi connectivity index (χ4v) is 2.31. The minimum absolute atomic E-state index is 0.160. The highest BCUT2D eigenvalue weighted by Crippen LogP contribution is 2.28. The average Bonchev–Trinajstić information content (AvgIpc) is 2.59. The molecule has 0 spiro atoms. The van der Waals surface area contributed by atoms with Crippen LogP contribution in [-0.2, 0) is 17.6 Å². The van der Waals surface area contributed by atoms with Crippen LogP contribution in [0.5, 0.6) is 0 Å². The molecule has 19 heavy (non-hydrogen) atoms. The lowest BCUT2D eigenvalue weighted by atomic mass is 10.1. The summed E-state index contributed by atoms with van der Waals surface area (Å²) in [6.07, 6.45) is 1.41. The normalized spacial score (nSPS) is 14.9. The second-order valence-corrected chi connectivity index (χ2v) is 5.83. The molecule has 1 heterocycles. The highest BCUT2D eigenvalue weighted by molar-refractivity contribution is 6.00. The summed E-state index contributed by atoms with van der Waals surface area (Å²) in [4.78, 5) is 13.3. The Bertz CT molecular complexity index is 478. The van der Waals surface area contributed by atoms with E-state index in [2.05, 4.69) is 17.4 Å². The van der Waals surface area contributed by atoms with E-state index >= 15 is 0 Å². The molecule has 0 unspecified atom stereocenters. The largest absolute Gasteiger partial charge is 0.389 e. The van der Waals surface area contributed by atoms with Crippen molar-refractivity contribution in [3.8, 4) is 0 Å². The van der Waals surface area contributed by atoms with Crippen LogP contribution in [0.3, 0.4) is 0 Å². The van der Waals surface area contributed by atoms with Gasteiger partial charge in [-0.25, -0.2) is 0 Å². The maximum atomic E-state index is 11.6. The highest BCUT2D eigenvalue weighted by atomic mass is 16.3. The number of amides is 1. The Morgan fingerprint density at radius 2 is 2.16 bits per heavy atom. The van der Waals surface area contributed by atoms with Gasteiger partial charge in [-0.1, -0.05) is 12.1 Å². The fraction of sp³-hybridized carbons (Fsp3) is 0.533. The van der Waals surface area contributed by atoms with E-state index in [1.54, 1.807) is 18.7 Å². The average molecular weight is 262 g/mol. The van der Waals surface area contributed by atoms with E-state index in [1.807, 2.05) is 13.1 Å². The number of carbonyl (C=O) groups is 1. The first-order valence-electron chi connectivity index (χ1n) is 6.68. The van der Waals surface area contributed by atoms with E-state index in [9.17, 15) is 9.90 Å². The Balaban J connectivity index is 1.90.